The van der Waals surface area contributed by atoms with Crippen LogP contribution in [0.25, 0.3) is 0 Å². The van der Waals surface area contributed by atoms with Crippen LogP contribution < -0.4 is 4.74 Å². The van der Waals surface area contributed by atoms with E-state index in [1.165, 1.54) is 19.2 Å². The zero-order valence-electron chi connectivity index (χ0n) is 13.4. The van der Waals surface area contributed by atoms with Gasteiger partial charge in [0.1, 0.15) is 11.9 Å². The lowest BCUT2D eigenvalue weighted by atomic mass is 10.1. The van der Waals surface area contributed by atoms with Crippen LogP contribution in [-0.4, -0.2) is 39.7 Å². The van der Waals surface area contributed by atoms with Gasteiger partial charge >= 0.3 is 5.97 Å². The lowest BCUT2D eigenvalue weighted by Crippen LogP contribution is -2.31. The minimum atomic E-state index is -1.05. The normalized spacial score (nSPS) is 12.4. The van der Waals surface area contributed by atoms with Gasteiger partial charge in [-0.1, -0.05) is 6.07 Å². The number of ether oxygens (including phenoxy) is 1. The third-order valence-corrected chi connectivity index (χ3v) is 3.70. The number of aromatic nitrogens is 2. The van der Waals surface area contributed by atoms with Gasteiger partial charge in [-0.15, -0.1) is 0 Å². The van der Waals surface area contributed by atoms with Crippen molar-refractivity contribution in [1.82, 2.24) is 14.5 Å². The van der Waals surface area contributed by atoms with Crippen molar-refractivity contribution in [2.45, 2.75) is 26.1 Å². The molecule has 0 aliphatic heterocycles. The molecular formula is C16H20FN3O3. The molecule has 1 aromatic carbocycles. The molecule has 0 saturated heterocycles. The van der Waals surface area contributed by atoms with Crippen molar-refractivity contribution in [2.24, 2.45) is 0 Å². The fourth-order valence-electron chi connectivity index (χ4n) is 2.53. The van der Waals surface area contributed by atoms with Crippen molar-refractivity contribution in [2.75, 3.05) is 14.2 Å². The standard InChI is InChI=1S/C16H20FN3O3/c1-4-20-8-7-18-14(20)10-19(2)15(16(21)22)11-5-6-13(23-3)12(17)9-11/h5-9,15H,4,10H2,1-3H3,(H,21,22)/t15-/m0/s1. The Kier molecular flexibility index (Phi) is 5.33. The monoisotopic (exact) mass is 321 g/mol. The molecule has 0 spiro atoms. The Morgan fingerprint density at radius 3 is 2.83 bits per heavy atom. The van der Waals surface area contributed by atoms with Gasteiger partial charge in [0, 0.05) is 18.9 Å². The molecule has 2 aromatic rings. The van der Waals surface area contributed by atoms with Crippen molar-refractivity contribution >= 4 is 5.97 Å². The van der Waals surface area contributed by atoms with E-state index in [9.17, 15) is 14.3 Å². The Labute approximate surface area is 134 Å². The van der Waals surface area contributed by atoms with Gasteiger partial charge in [0.05, 0.1) is 13.7 Å². The maximum atomic E-state index is 13.9. The fourth-order valence-corrected chi connectivity index (χ4v) is 2.53. The SMILES string of the molecule is CCn1ccnc1CN(C)[C@H](C(=O)O)c1ccc(OC)c(F)c1. The highest BCUT2D eigenvalue weighted by atomic mass is 19.1. The van der Waals surface area contributed by atoms with Gasteiger partial charge in [-0.3, -0.25) is 9.69 Å². The molecule has 0 radical (unpaired) electrons. The molecule has 23 heavy (non-hydrogen) atoms. The smallest absolute Gasteiger partial charge is 0.325 e. The van der Waals surface area contributed by atoms with Crippen LogP contribution in [0, 0.1) is 5.82 Å². The van der Waals surface area contributed by atoms with Crippen molar-refractivity contribution in [1.29, 1.82) is 0 Å². The predicted molar refractivity (Wildman–Crippen MR) is 82.7 cm³/mol. The summed E-state index contributed by atoms with van der Waals surface area (Å²) in [6, 6.07) is 3.21. The molecule has 2 rings (SSSR count). The summed E-state index contributed by atoms with van der Waals surface area (Å²) in [4.78, 5) is 17.5. The van der Waals surface area contributed by atoms with Gasteiger partial charge in [-0.2, -0.15) is 0 Å². The number of hydrogen-bond donors (Lipinski definition) is 1. The highest BCUT2D eigenvalue weighted by Gasteiger charge is 2.26. The largest absolute Gasteiger partial charge is 0.494 e. The van der Waals surface area contributed by atoms with Crippen LogP contribution >= 0.6 is 0 Å². The molecule has 0 bridgehead atoms. The van der Waals surface area contributed by atoms with E-state index in [0.29, 0.717) is 12.1 Å². The Morgan fingerprint density at radius 2 is 2.26 bits per heavy atom. The average Bonchev–Trinajstić information content (AvgIpc) is 2.94. The number of aliphatic carboxylic acids is 1. The zero-order valence-corrected chi connectivity index (χ0v) is 13.4. The van der Waals surface area contributed by atoms with Gasteiger partial charge in [-0.25, -0.2) is 9.37 Å². The zero-order chi connectivity index (χ0) is 17.0. The number of benzene rings is 1. The third kappa shape index (κ3) is 3.68. The molecule has 0 fully saturated rings. The number of nitrogens with zero attached hydrogens (tertiary/aromatic N) is 3. The number of carboxylic acid groups (broad SMARTS) is 1. The second-order valence-corrected chi connectivity index (χ2v) is 5.18. The number of carboxylic acids is 1. The van der Waals surface area contributed by atoms with E-state index in [1.807, 2.05) is 17.7 Å². The average molecular weight is 321 g/mol. The number of hydrogen-bond acceptors (Lipinski definition) is 4. The number of likely N-dealkylation sites (N-methyl/N-ethyl adjacent to an activating group) is 1. The molecule has 1 atom stereocenters. The maximum absolute atomic E-state index is 13.9. The van der Waals surface area contributed by atoms with E-state index in [4.69, 9.17) is 4.74 Å². The Bertz CT molecular complexity index is 687. The van der Waals surface area contributed by atoms with Crippen LogP contribution in [-0.2, 0) is 17.9 Å². The summed E-state index contributed by atoms with van der Waals surface area (Å²) < 4.78 is 20.7. The van der Waals surface area contributed by atoms with Crippen LogP contribution in [0.5, 0.6) is 5.75 Å². The molecule has 124 valence electrons. The number of rotatable bonds is 7. The van der Waals surface area contributed by atoms with Gasteiger partial charge in [0.2, 0.25) is 0 Å². The number of halogens is 1. The summed E-state index contributed by atoms with van der Waals surface area (Å²) in [5.41, 5.74) is 0.355. The van der Waals surface area contributed by atoms with Gasteiger partial charge in [-0.05, 0) is 31.7 Å². The first-order chi connectivity index (χ1) is 11.0. The molecule has 0 aliphatic rings. The van der Waals surface area contributed by atoms with Crippen LogP contribution in [0.15, 0.2) is 30.6 Å². The molecule has 0 unspecified atom stereocenters. The Balaban J connectivity index is 2.27. The van der Waals surface area contributed by atoms with Crippen molar-refractivity contribution in [3.63, 3.8) is 0 Å². The molecule has 0 aliphatic carbocycles. The van der Waals surface area contributed by atoms with E-state index in [2.05, 4.69) is 4.98 Å². The highest BCUT2D eigenvalue weighted by molar-refractivity contribution is 5.75. The number of imidazole rings is 1. The quantitative estimate of drug-likeness (QED) is 0.847. The topological polar surface area (TPSA) is 67.6 Å². The van der Waals surface area contributed by atoms with Gasteiger partial charge < -0.3 is 14.4 Å². The summed E-state index contributed by atoms with van der Waals surface area (Å²) in [6.07, 6.45) is 3.52. The molecule has 1 N–H and O–H groups in total. The second kappa shape index (κ2) is 7.23. The molecular weight excluding hydrogens is 301 g/mol. The number of aryl methyl sites for hydroxylation is 1. The first-order valence-corrected chi connectivity index (χ1v) is 7.24. The predicted octanol–water partition coefficient (Wildman–Crippen LogP) is 2.31. The fraction of sp³-hybridized carbons (Fsp3) is 0.375. The van der Waals surface area contributed by atoms with Crippen LogP contribution in [0.3, 0.4) is 0 Å². The van der Waals surface area contributed by atoms with E-state index in [0.717, 1.165) is 12.4 Å². The van der Waals surface area contributed by atoms with Crippen LogP contribution in [0.4, 0.5) is 4.39 Å². The summed E-state index contributed by atoms with van der Waals surface area (Å²) in [5, 5.41) is 9.55. The van der Waals surface area contributed by atoms with E-state index >= 15 is 0 Å². The minimum Gasteiger partial charge on any atom is -0.494 e. The number of carbonyl (C=O) groups is 1. The first kappa shape index (κ1) is 17.0. The first-order valence-electron chi connectivity index (χ1n) is 7.24. The van der Waals surface area contributed by atoms with Gasteiger partial charge in [0.25, 0.3) is 0 Å². The summed E-state index contributed by atoms with van der Waals surface area (Å²) in [5.74, 6) is -0.788. The lowest BCUT2D eigenvalue weighted by molar-refractivity contribution is -0.143. The number of methoxy groups -OCH3 is 1. The van der Waals surface area contributed by atoms with Crippen LogP contribution in [0.2, 0.25) is 0 Å². The lowest BCUT2D eigenvalue weighted by Gasteiger charge is -2.25. The summed E-state index contributed by atoms with van der Waals surface area (Å²) in [7, 11) is 3.04. The Hall–Kier alpha value is -2.41. The molecule has 1 heterocycles. The van der Waals surface area contributed by atoms with Crippen LogP contribution in [0.1, 0.15) is 24.4 Å². The summed E-state index contributed by atoms with van der Waals surface area (Å²) >= 11 is 0. The van der Waals surface area contributed by atoms with Gasteiger partial charge in [0.15, 0.2) is 11.6 Å². The van der Waals surface area contributed by atoms with Crippen molar-refractivity contribution in [3.8, 4) is 5.75 Å². The second-order valence-electron chi connectivity index (χ2n) is 5.18. The highest BCUT2D eigenvalue weighted by Crippen LogP contribution is 2.26. The van der Waals surface area contributed by atoms with Crippen molar-refractivity contribution in [3.05, 3.63) is 47.8 Å². The Morgan fingerprint density at radius 1 is 1.52 bits per heavy atom. The maximum Gasteiger partial charge on any atom is 0.325 e. The third-order valence-electron chi connectivity index (χ3n) is 3.70. The molecule has 0 amide bonds. The molecule has 7 heteroatoms. The minimum absolute atomic E-state index is 0.0852. The molecule has 6 nitrogen and oxygen atoms in total. The molecule has 0 saturated carbocycles. The van der Waals surface area contributed by atoms with E-state index in [-0.39, 0.29) is 5.75 Å². The summed E-state index contributed by atoms with van der Waals surface area (Å²) in [6.45, 7) is 3.07. The van der Waals surface area contributed by atoms with E-state index in [1.54, 1.807) is 24.2 Å². The van der Waals surface area contributed by atoms with E-state index < -0.39 is 17.8 Å². The molecule has 1 aromatic heterocycles. The van der Waals surface area contributed by atoms with Crippen molar-refractivity contribution < 1.29 is 19.0 Å².